The van der Waals surface area contributed by atoms with Crippen LogP contribution in [-0.4, -0.2) is 51.2 Å². The van der Waals surface area contributed by atoms with E-state index in [9.17, 15) is 13.2 Å². The van der Waals surface area contributed by atoms with Gasteiger partial charge in [0.15, 0.2) is 11.5 Å². The zero-order valence-corrected chi connectivity index (χ0v) is 20.3. The largest absolute Gasteiger partial charge is 0.494 e. The maximum absolute atomic E-state index is 13.0. The van der Waals surface area contributed by atoms with Crippen LogP contribution in [0.25, 0.3) is 0 Å². The van der Waals surface area contributed by atoms with Gasteiger partial charge in [-0.25, -0.2) is 13.4 Å². The van der Waals surface area contributed by atoms with Crippen molar-refractivity contribution in [1.29, 1.82) is 0 Å². The molecular formula is C23H28N4O6S. The van der Waals surface area contributed by atoms with Crippen molar-refractivity contribution in [3.8, 4) is 17.2 Å². The Morgan fingerprint density at radius 2 is 1.76 bits per heavy atom. The molecule has 1 amide bonds. The third-order valence-corrected chi connectivity index (χ3v) is 6.39. The SMILES string of the molecule is CCOc1ccc(S(=O)(=O)Nc2cc(OC)c(OC)cc2C(=O)NCCc2nccn2C)cc1. The van der Waals surface area contributed by atoms with E-state index >= 15 is 0 Å². The summed E-state index contributed by atoms with van der Waals surface area (Å²) in [7, 11) is 0.726. The van der Waals surface area contributed by atoms with Crippen molar-refractivity contribution in [1.82, 2.24) is 14.9 Å². The second-order valence-corrected chi connectivity index (χ2v) is 8.91. The van der Waals surface area contributed by atoms with E-state index in [4.69, 9.17) is 14.2 Å². The summed E-state index contributed by atoms with van der Waals surface area (Å²) < 4.78 is 46.4. The molecule has 10 nitrogen and oxygen atoms in total. The van der Waals surface area contributed by atoms with E-state index in [0.717, 1.165) is 5.82 Å². The first kappa shape index (κ1) is 24.9. The predicted octanol–water partition coefficient (Wildman–Crippen LogP) is 2.61. The number of carbonyl (C=O) groups excluding carboxylic acids is 1. The lowest BCUT2D eigenvalue weighted by atomic mass is 10.1. The van der Waals surface area contributed by atoms with Gasteiger partial charge in [-0.05, 0) is 37.3 Å². The van der Waals surface area contributed by atoms with Crippen molar-refractivity contribution >= 4 is 21.6 Å². The fourth-order valence-corrected chi connectivity index (χ4v) is 4.33. The molecule has 0 unspecified atom stereocenters. The first-order valence-corrected chi connectivity index (χ1v) is 12.0. The molecule has 1 aromatic heterocycles. The standard InChI is InChI=1S/C23H28N4O6S/c1-5-33-16-6-8-17(9-7-16)34(29,30)26-19-15-21(32-4)20(31-3)14-18(19)23(28)25-11-10-22-24-12-13-27(22)2/h6-9,12-15,26H,5,10-11H2,1-4H3,(H,25,28). The van der Waals surface area contributed by atoms with Crippen molar-refractivity contribution < 1.29 is 27.4 Å². The predicted molar refractivity (Wildman–Crippen MR) is 127 cm³/mol. The monoisotopic (exact) mass is 488 g/mol. The van der Waals surface area contributed by atoms with Gasteiger partial charge in [0.2, 0.25) is 0 Å². The van der Waals surface area contributed by atoms with Crippen LogP contribution in [0.1, 0.15) is 23.1 Å². The first-order chi connectivity index (χ1) is 16.3. The van der Waals surface area contributed by atoms with Crippen molar-refractivity contribution in [2.75, 3.05) is 32.1 Å². The molecule has 0 spiro atoms. The van der Waals surface area contributed by atoms with E-state index in [1.807, 2.05) is 24.7 Å². The van der Waals surface area contributed by atoms with Gasteiger partial charge in [-0.15, -0.1) is 0 Å². The topological polar surface area (TPSA) is 121 Å². The zero-order valence-electron chi connectivity index (χ0n) is 19.5. The highest BCUT2D eigenvalue weighted by molar-refractivity contribution is 7.92. The van der Waals surface area contributed by atoms with Crippen molar-refractivity contribution in [3.63, 3.8) is 0 Å². The van der Waals surface area contributed by atoms with E-state index in [1.54, 1.807) is 18.3 Å². The number of amides is 1. The van der Waals surface area contributed by atoms with E-state index in [0.29, 0.717) is 31.1 Å². The van der Waals surface area contributed by atoms with Crippen LogP contribution in [-0.2, 0) is 23.5 Å². The van der Waals surface area contributed by atoms with Crippen molar-refractivity contribution in [3.05, 3.63) is 60.2 Å². The van der Waals surface area contributed by atoms with Gasteiger partial charge in [0.25, 0.3) is 15.9 Å². The number of sulfonamides is 1. The van der Waals surface area contributed by atoms with E-state index in [1.165, 1.54) is 38.5 Å². The number of anilines is 1. The average molecular weight is 489 g/mol. The molecule has 2 N–H and O–H groups in total. The van der Waals surface area contributed by atoms with Gasteiger partial charge >= 0.3 is 0 Å². The minimum atomic E-state index is -4.00. The number of rotatable bonds is 11. The second kappa shape index (κ2) is 10.9. The highest BCUT2D eigenvalue weighted by atomic mass is 32.2. The second-order valence-electron chi connectivity index (χ2n) is 7.22. The van der Waals surface area contributed by atoms with Gasteiger partial charge < -0.3 is 24.1 Å². The smallest absolute Gasteiger partial charge is 0.261 e. The highest BCUT2D eigenvalue weighted by Gasteiger charge is 2.22. The summed E-state index contributed by atoms with van der Waals surface area (Å²) in [5.41, 5.74) is 0.146. The lowest BCUT2D eigenvalue weighted by molar-refractivity contribution is 0.0954. The van der Waals surface area contributed by atoms with Crippen LogP contribution < -0.4 is 24.2 Å². The van der Waals surface area contributed by atoms with Gasteiger partial charge in [-0.1, -0.05) is 0 Å². The Hall–Kier alpha value is -3.73. The molecule has 0 aliphatic rings. The van der Waals surface area contributed by atoms with Crippen LogP contribution in [0.5, 0.6) is 17.2 Å². The summed E-state index contributed by atoms with van der Waals surface area (Å²) in [5.74, 6) is 1.46. The molecule has 0 atom stereocenters. The minimum absolute atomic E-state index is 0.0203. The fraction of sp³-hybridized carbons (Fsp3) is 0.304. The fourth-order valence-electron chi connectivity index (χ4n) is 3.26. The van der Waals surface area contributed by atoms with Crippen LogP contribution in [0.2, 0.25) is 0 Å². The van der Waals surface area contributed by atoms with Gasteiger partial charge in [0.05, 0.1) is 37.0 Å². The van der Waals surface area contributed by atoms with Crippen LogP contribution in [0.15, 0.2) is 53.7 Å². The lowest BCUT2D eigenvalue weighted by Crippen LogP contribution is -2.28. The number of hydrogen-bond donors (Lipinski definition) is 2. The molecule has 3 rings (SSSR count). The quantitative estimate of drug-likeness (QED) is 0.426. The van der Waals surface area contributed by atoms with Crippen molar-refractivity contribution in [2.45, 2.75) is 18.2 Å². The van der Waals surface area contributed by atoms with Crippen molar-refractivity contribution in [2.24, 2.45) is 7.05 Å². The summed E-state index contributed by atoms with van der Waals surface area (Å²) in [4.78, 5) is 17.2. The molecule has 3 aromatic rings. The van der Waals surface area contributed by atoms with Gasteiger partial charge in [0, 0.05) is 38.5 Å². The average Bonchev–Trinajstić information content (AvgIpc) is 3.23. The van der Waals surface area contributed by atoms with Crippen LogP contribution in [0, 0.1) is 0 Å². The van der Waals surface area contributed by atoms with Gasteiger partial charge in [0.1, 0.15) is 11.6 Å². The number of hydrogen-bond acceptors (Lipinski definition) is 7. The normalized spacial score (nSPS) is 11.1. The Kier molecular flexibility index (Phi) is 8.00. The van der Waals surface area contributed by atoms with Crippen LogP contribution in [0.4, 0.5) is 5.69 Å². The number of nitrogens with one attached hydrogen (secondary N) is 2. The Morgan fingerprint density at radius 3 is 2.35 bits per heavy atom. The van der Waals surface area contributed by atoms with Crippen LogP contribution >= 0.6 is 0 Å². The molecule has 0 radical (unpaired) electrons. The molecule has 1 heterocycles. The first-order valence-electron chi connectivity index (χ1n) is 10.5. The molecule has 2 aromatic carbocycles. The summed E-state index contributed by atoms with van der Waals surface area (Å²) >= 11 is 0. The number of ether oxygens (including phenoxy) is 3. The van der Waals surface area contributed by atoms with E-state index in [-0.39, 0.29) is 21.9 Å². The Morgan fingerprint density at radius 1 is 1.09 bits per heavy atom. The highest BCUT2D eigenvalue weighted by Crippen LogP contribution is 2.34. The number of nitrogens with zero attached hydrogens (tertiary/aromatic N) is 2. The Bertz CT molecular complexity index is 1240. The molecular weight excluding hydrogens is 460 g/mol. The molecule has 0 fully saturated rings. The zero-order chi connectivity index (χ0) is 24.7. The van der Waals surface area contributed by atoms with E-state index in [2.05, 4.69) is 15.0 Å². The van der Waals surface area contributed by atoms with Gasteiger partial charge in [-0.3, -0.25) is 9.52 Å². The number of aromatic nitrogens is 2. The molecule has 0 saturated heterocycles. The van der Waals surface area contributed by atoms with Crippen LogP contribution in [0.3, 0.4) is 0 Å². The number of aryl methyl sites for hydroxylation is 1. The number of methoxy groups -OCH3 is 2. The lowest BCUT2D eigenvalue weighted by Gasteiger charge is -2.16. The molecule has 182 valence electrons. The minimum Gasteiger partial charge on any atom is -0.494 e. The van der Waals surface area contributed by atoms with E-state index < -0.39 is 15.9 Å². The Balaban J connectivity index is 1.87. The Labute approximate surface area is 198 Å². The van der Waals surface area contributed by atoms with Gasteiger partial charge in [-0.2, -0.15) is 0 Å². The summed E-state index contributed by atoms with van der Waals surface area (Å²) in [6.07, 6.45) is 4.01. The third-order valence-electron chi connectivity index (χ3n) is 5.01. The number of imidazole rings is 1. The summed E-state index contributed by atoms with van der Waals surface area (Å²) in [6, 6.07) is 8.85. The molecule has 11 heteroatoms. The molecule has 0 bridgehead atoms. The third kappa shape index (κ3) is 5.79. The molecule has 0 aliphatic carbocycles. The molecule has 34 heavy (non-hydrogen) atoms. The maximum Gasteiger partial charge on any atom is 0.261 e. The maximum atomic E-state index is 13.0. The molecule has 0 aliphatic heterocycles. The number of carbonyl (C=O) groups is 1. The molecule has 0 saturated carbocycles. The number of benzene rings is 2. The summed E-state index contributed by atoms with van der Waals surface area (Å²) in [6.45, 7) is 2.62. The summed E-state index contributed by atoms with van der Waals surface area (Å²) in [5, 5.41) is 2.80.